The Morgan fingerprint density at radius 2 is 1.81 bits per heavy atom. The smallest absolute Gasteiger partial charge is 0.245 e. The first-order valence-electron chi connectivity index (χ1n) is 20.6. The number of pyridine rings is 1. The number of hydrogen-bond acceptors (Lipinski definition) is 10. The Bertz CT molecular complexity index is 2280. The van der Waals surface area contributed by atoms with Gasteiger partial charge in [-0.05, 0) is 86.4 Å². The van der Waals surface area contributed by atoms with E-state index < -0.39 is 27.8 Å². The SMILES string of the molecule is C=CCO[C@@]12Oc3ccc(OCc4ccccc4F)cc3[C@H]3[C@H](CCCCO)[C@@H](CCCCO)C=C(C(=NOCC)C[C@@H]1N(C)S(=O)(=O)c1cccc4cccnc14)[C@H]32. The molecule has 1 saturated carbocycles. The number of benzene rings is 3. The Morgan fingerprint density at radius 1 is 1.03 bits per heavy atom. The van der Waals surface area contributed by atoms with Crippen LogP contribution in [-0.2, 0) is 26.2 Å². The van der Waals surface area contributed by atoms with Crippen molar-refractivity contribution in [3.63, 3.8) is 0 Å². The molecule has 0 bridgehead atoms. The number of para-hydroxylation sites is 1. The van der Waals surface area contributed by atoms with Gasteiger partial charge >= 0.3 is 0 Å². The van der Waals surface area contributed by atoms with Crippen LogP contribution in [0.2, 0.25) is 0 Å². The highest BCUT2D eigenvalue weighted by Gasteiger charge is 2.65. The third kappa shape index (κ3) is 8.40. The Hall–Kier alpha value is -4.66. The van der Waals surface area contributed by atoms with E-state index in [9.17, 15) is 14.6 Å². The van der Waals surface area contributed by atoms with E-state index in [1.165, 1.54) is 10.4 Å². The number of oxime groups is 1. The van der Waals surface area contributed by atoms with Crippen LogP contribution in [0.25, 0.3) is 10.9 Å². The highest BCUT2D eigenvalue weighted by Crippen LogP contribution is 2.62. The number of unbranched alkanes of at least 4 members (excludes halogenated alkanes) is 2. The van der Waals surface area contributed by atoms with E-state index in [0.717, 1.165) is 36.8 Å². The molecule has 3 aromatic carbocycles. The lowest BCUT2D eigenvalue weighted by Gasteiger charge is -2.59. The Kier molecular flexibility index (Phi) is 13.5. The molecule has 7 rings (SSSR count). The van der Waals surface area contributed by atoms with Crippen molar-refractivity contribution in [1.29, 1.82) is 0 Å². The normalized spacial score (nSPS) is 24.3. The molecule has 2 N–H and O–H groups in total. The number of hydrogen-bond donors (Lipinski definition) is 2. The summed E-state index contributed by atoms with van der Waals surface area (Å²) in [5, 5.41) is 25.1. The van der Waals surface area contributed by atoms with Crippen LogP contribution >= 0.6 is 0 Å². The molecule has 2 heterocycles. The van der Waals surface area contributed by atoms with Gasteiger partial charge in [0.15, 0.2) is 0 Å². The molecule has 1 aliphatic heterocycles. The van der Waals surface area contributed by atoms with Gasteiger partial charge < -0.3 is 29.3 Å². The van der Waals surface area contributed by atoms with Crippen molar-refractivity contribution in [2.75, 3.05) is 33.5 Å². The zero-order chi connectivity index (χ0) is 41.6. The molecule has 1 aromatic heterocycles. The number of aliphatic hydroxyl groups is 2. The molecule has 11 nitrogen and oxygen atoms in total. The fourth-order valence-electron chi connectivity index (χ4n) is 9.32. The van der Waals surface area contributed by atoms with Crippen molar-refractivity contribution in [2.45, 2.75) is 81.1 Å². The minimum absolute atomic E-state index is 0.0145. The third-order valence-electron chi connectivity index (χ3n) is 12.0. The van der Waals surface area contributed by atoms with Gasteiger partial charge in [0.1, 0.15) is 35.4 Å². The van der Waals surface area contributed by atoms with Crippen molar-refractivity contribution in [1.82, 2.24) is 9.29 Å². The van der Waals surface area contributed by atoms with Crippen LogP contribution in [0.4, 0.5) is 4.39 Å². The van der Waals surface area contributed by atoms with E-state index in [2.05, 4.69) is 22.8 Å². The molecule has 2 aliphatic carbocycles. The van der Waals surface area contributed by atoms with Crippen molar-refractivity contribution in [3.05, 3.63) is 120 Å². The fourth-order valence-corrected chi connectivity index (χ4v) is 10.9. The maximum Gasteiger partial charge on any atom is 0.245 e. The predicted molar refractivity (Wildman–Crippen MR) is 224 cm³/mol. The summed E-state index contributed by atoms with van der Waals surface area (Å²) in [6.07, 6.45) is 9.88. The summed E-state index contributed by atoms with van der Waals surface area (Å²) in [5.74, 6) is -1.81. The highest BCUT2D eigenvalue weighted by atomic mass is 32.2. The third-order valence-corrected chi connectivity index (χ3v) is 13.9. The van der Waals surface area contributed by atoms with Crippen LogP contribution in [0.1, 0.15) is 68.9 Å². The van der Waals surface area contributed by atoms with Gasteiger partial charge in [-0.25, -0.2) is 12.8 Å². The highest BCUT2D eigenvalue weighted by molar-refractivity contribution is 7.89. The number of fused-ring (bicyclic) bond motifs is 3. The summed E-state index contributed by atoms with van der Waals surface area (Å²) in [4.78, 5) is 10.3. The molecule has 3 aliphatic rings. The minimum atomic E-state index is -4.26. The molecule has 4 aromatic rings. The van der Waals surface area contributed by atoms with Crippen LogP contribution in [-0.4, -0.2) is 78.9 Å². The number of nitrogens with zero attached hydrogens (tertiary/aromatic N) is 3. The van der Waals surface area contributed by atoms with Crippen molar-refractivity contribution >= 4 is 26.6 Å². The molecular weight excluding hydrogens is 774 g/mol. The van der Waals surface area contributed by atoms with Gasteiger partial charge in [-0.15, -0.1) is 6.58 Å². The van der Waals surface area contributed by atoms with Gasteiger partial charge in [0.2, 0.25) is 15.8 Å². The van der Waals surface area contributed by atoms with Crippen molar-refractivity contribution in [2.24, 2.45) is 22.9 Å². The number of halogens is 1. The van der Waals surface area contributed by atoms with Gasteiger partial charge in [0.25, 0.3) is 0 Å². The average Bonchev–Trinajstić information content (AvgIpc) is 3.25. The first kappa shape index (κ1) is 42.5. The lowest BCUT2D eigenvalue weighted by molar-refractivity contribution is -0.250. The summed E-state index contributed by atoms with van der Waals surface area (Å²) in [7, 11) is -2.70. The Morgan fingerprint density at radius 3 is 2.58 bits per heavy atom. The van der Waals surface area contributed by atoms with Crippen LogP contribution in [0, 0.1) is 23.6 Å². The lowest BCUT2D eigenvalue weighted by Crippen LogP contribution is -2.69. The second-order valence-electron chi connectivity index (χ2n) is 15.4. The number of sulfonamides is 1. The van der Waals surface area contributed by atoms with E-state index in [0.29, 0.717) is 53.1 Å². The first-order valence-corrected chi connectivity index (χ1v) is 22.0. The number of likely N-dealkylation sites (N-methyl/N-ethyl adjacent to an activating group) is 1. The maximum atomic E-state index is 15.0. The molecule has 314 valence electrons. The predicted octanol–water partition coefficient (Wildman–Crippen LogP) is 7.93. The molecule has 0 radical (unpaired) electrons. The van der Waals surface area contributed by atoms with E-state index in [1.807, 2.05) is 31.2 Å². The Labute approximate surface area is 346 Å². The molecule has 13 heteroatoms. The van der Waals surface area contributed by atoms with E-state index in [-0.39, 0.29) is 61.3 Å². The van der Waals surface area contributed by atoms with E-state index in [1.54, 1.807) is 61.8 Å². The summed E-state index contributed by atoms with van der Waals surface area (Å²) in [5.41, 5.74) is 3.08. The number of allylic oxidation sites excluding steroid dienone is 1. The summed E-state index contributed by atoms with van der Waals surface area (Å²) < 4.78 is 66.5. The minimum Gasteiger partial charge on any atom is -0.489 e. The first-order chi connectivity index (χ1) is 28.7. The maximum absolute atomic E-state index is 15.0. The van der Waals surface area contributed by atoms with E-state index >= 15 is 8.42 Å². The van der Waals surface area contributed by atoms with Crippen LogP contribution in [0.5, 0.6) is 11.5 Å². The summed E-state index contributed by atoms with van der Waals surface area (Å²) >= 11 is 0. The number of aliphatic hydroxyl groups excluding tert-OH is 2. The molecular formula is C46H54FN3O8S. The Balaban J connectivity index is 1.43. The molecule has 59 heavy (non-hydrogen) atoms. The van der Waals surface area contributed by atoms with Gasteiger partial charge in [-0.1, -0.05) is 66.5 Å². The summed E-state index contributed by atoms with van der Waals surface area (Å²) in [6, 6.07) is 19.8. The van der Waals surface area contributed by atoms with Gasteiger partial charge in [-0.3, -0.25) is 4.98 Å². The molecule has 0 spiro atoms. The molecule has 0 unspecified atom stereocenters. The second kappa shape index (κ2) is 18.7. The number of aromatic nitrogens is 1. The summed E-state index contributed by atoms with van der Waals surface area (Å²) in [6.45, 7) is 6.32. The van der Waals surface area contributed by atoms with Gasteiger partial charge in [0.05, 0.1) is 29.8 Å². The topological polar surface area (TPSA) is 140 Å². The molecule has 0 amide bonds. The molecule has 0 saturated heterocycles. The fraction of sp³-hybridized carbons (Fsp3) is 0.435. The van der Waals surface area contributed by atoms with Crippen LogP contribution < -0.4 is 9.47 Å². The van der Waals surface area contributed by atoms with Gasteiger partial charge in [0, 0.05) is 55.3 Å². The molecule has 6 atom stereocenters. The number of ether oxygens (including phenoxy) is 3. The lowest BCUT2D eigenvalue weighted by atomic mass is 9.55. The average molecular weight is 828 g/mol. The number of rotatable bonds is 19. The van der Waals surface area contributed by atoms with Crippen LogP contribution in [0.3, 0.4) is 0 Å². The largest absolute Gasteiger partial charge is 0.489 e. The van der Waals surface area contributed by atoms with Crippen molar-refractivity contribution < 1.29 is 42.1 Å². The van der Waals surface area contributed by atoms with Crippen molar-refractivity contribution in [3.8, 4) is 11.5 Å². The standard InChI is InChI=1S/C46H54FN3O8S/c1-4-26-56-46-42(50(3)59(53,54)41-20-12-16-31-17-13-23-48-45(31)41)29-39(49-57-5-2)36-27-32(14-8-10-24-51)35(18-9-11-25-52)43(44(36)46)37-28-34(21-22-40(37)58-46)55-30-33-15-6-7-19-38(33)47/h4,6-7,12-13,15-17,19-23,27-28,32,35,42-44,51-52H,1,5,8-11,14,18,24-26,29-30H2,2-3H3/t32-,35+,42-,43+,44+,46+/m0/s1. The van der Waals surface area contributed by atoms with Crippen LogP contribution in [0.15, 0.2) is 113 Å². The van der Waals surface area contributed by atoms with E-state index in [4.69, 9.17) is 19.0 Å². The second-order valence-corrected chi connectivity index (χ2v) is 17.4. The quantitative estimate of drug-likeness (QED) is 0.0548. The zero-order valence-corrected chi connectivity index (χ0v) is 34.5. The van der Waals surface area contributed by atoms with Gasteiger partial charge in [-0.2, -0.15) is 4.31 Å². The monoisotopic (exact) mass is 827 g/mol. The zero-order valence-electron chi connectivity index (χ0n) is 33.7. The molecule has 1 fully saturated rings.